The lowest BCUT2D eigenvalue weighted by Crippen LogP contribution is -2.26. The summed E-state index contributed by atoms with van der Waals surface area (Å²) >= 11 is 0. The Labute approximate surface area is 145 Å². The second-order valence-electron chi connectivity index (χ2n) is 7.25. The molecule has 0 saturated heterocycles. The molecule has 0 aliphatic heterocycles. The Morgan fingerprint density at radius 1 is 1.04 bits per heavy atom. The first-order valence-corrected chi connectivity index (χ1v) is 7.96. The fourth-order valence-electron chi connectivity index (χ4n) is 2.03. The predicted molar refractivity (Wildman–Crippen MR) is 94.3 cm³/mol. The number of rotatable bonds is 7. The number of nitriles is 2. The molecule has 6 heteroatoms. The molecule has 2 unspecified atom stereocenters. The van der Waals surface area contributed by atoms with Gasteiger partial charge in [-0.25, -0.2) is 4.79 Å². The average Bonchev–Trinajstić information content (AvgIpc) is 2.44. The normalized spacial score (nSPS) is 15.6. The van der Waals surface area contributed by atoms with E-state index in [4.69, 9.17) is 5.11 Å². The Kier molecular flexibility index (Phi) is 10.6. The quantitative estimate of drug-likeness (QED) is 0.535. The molecule has 134 valence electrons. The first-order valence-electron chi connectivity index (χ1n) is 7.96. The first-order chi connectivity index (χ1) is 10.8. The van der Waals surface area contributed by atoms with Gasteiger partial charge in [0.25, 0.3) is 0 Å². The SMILES string of the molecule is C=C(C)C(=O)O.CC(C)CC(C)(C#N)N=NC(C)(C#N)CC(C)C. The number of hydrogen-bond donors (Lipinski definition) is 1. The van der Waals surface area contributed by atoms with Gasteiger partial charge in [0.1, 0.15) is 0 Å². The zero-order valence-electron chi connectivity index (χ0n) is 15.9. The van der Waals surface area contributed by atoms with Crippen molar-refractivity contribution < 1.29 is 9.90 Å². The van der Waals surface area contributed by atoms with E-state index < -0.39 is 17.0 Å². The molecule has 0 fully saturated rings. The van der Waals surface area contributed by atoms with Crippen LogP contribution in [0.2, 0.25) is 0 Å². The maximum absolute atomic E-state index is 9.60. The van der Waals surface area contributed by atoms with E-state index in [0.29, 0.717) is 24.7 Å². The number of aliphatic carboxylic acids is 1. The van der Waals surface area contributed by atoms with Crippen LogP contribution in [0.4, 0.5) is 0 Å². The monoisotopic (exact) mass is 334 g/mol. The number of hydrogen-bond acceptors (Lipinski definition) is 5. The van der Waals surface area contributed by atoms with Crippen LogP contribution >= 0.6 is 0 Å². The summed E-state index contributed by atoms with van der Waals surface area (Å²) in [5.74, 6) is -0.200. The van der Waals surface area contributed by atoms with Crippen LogP contribution in [0.15, 0.2) is 22.4 Å². The number of carboxylic acids is 1. The van der Waals surface area contributed by atoms with Crippen LogP contribution in [0.3, 0.4) is 0 Å². The van der Waals surface area contributed by atoms with Crippen molar-refractivity contribution >= 4 is 5.97 Å². The highest BCUT2D eigenvalue weighted by Crippen LogP contribution is 2.25. The summed E-state index contributed by atoms with van der Waals surface area (Å²) in [6, 6.07) is 4.38. The maximum Gasteiger partial charge on any atom is 0.330 e. The van der Waals surface area contributed by atoms with Crippen LogP contribution in [0.5, 0.6) is 0 Å². The molecule has 0 radical (unpaired) electrons. The van der Waals surface area contributed by atoms with Crippen LogP contribution in [-0.2, 0) is 4.79 Å². The van der Waals surface area contributed by atoms with Gasteiger partial charge < -0.3 is 5.11 Å². The van der Waals surface area contributed by atoms with Crippen molar-refractivity contribution in [2.24, 2.45) is 22.1 Å². The third-order valence-electron chi connectivity index (χ3n) is 2.95. The van der Waals surface area contributed by atoms with Crippen molar-refractivity contribution in [2.45, 2.75) is 72.4 Å². The molecule has 1 N–H and O–H groups in total. The highest BCUT2D eigenvalue weighted by Gasteiger charge is 2.29. The molecular weight excluding hydrogens is 304 g/mol. The fraction of sp³-hybridized carbons (Fsp3) is 0.722. The Morgan fingerprint density at radius 2 is 1.29 bits per heavy atom. The van der Waals surface area contributed by atoms with Crippen LogP contribution in [0.25, 0.3) is 0 Å². The number of carbonyl (C=O) groups is 1. The van der Waals surface area contributed by atoms with Gasteiger partial charge in [0.05, 0.1) is 12.1 Å². The summed E-state index contributed by atoms with van der Waals surface area (Å²) < 4.78 is 0. The molecule has 0 spiro atoms. The lowest BCUT2D eigenvalue weighted by Gasteiger charge is -2.22. The lowest BCUT2D eigenvalue weighted by molar-refractivity contribution is -0.132. The van der Waals surface area contributed by atoms with E-state index in [2.05, 4.69) is 28.9 Å². The molecule has 0 amide bonds. The van der Waals surface area contributed by atoms with Gasteiger partial charge in [-0.15, -0.1) is 0 Å². The summed E-state index contributed by atoms with van der Waals surface area (Å²) in [6.07, 6.45) is 1.30. The van der Waals surface area contributed by atoms with E-state index in [0.717, 1.165) is 0 Å². The molecule has 6 nitrogen and oxygen atoms in total. The van der Waals surface area contributed by atoms with Crippen molar-refractivity contribution in [3.05, 3.63) is 12.2 Å². The van der Waals surface area contributed by atoms with Gasteiger partial charge in [0.2, 0.25) is 0 Å². The summed E-state index contributed by atoms with van der Waals surface area (Å²) in [5.41, 5.74) is -1.48. The van der Waals surface area contributed by atoms with E-state index >= 15 is 0 Å². The molecule has 0 aliphatic rings. The number of azo groups is 1. The summed E-state index contributed by atoms with van der Waals surface area (Å²) in [5, 5.41) is 34.6. The highest BCUT2D eigenvalue weighted by atomic mass is 16.4. The molecule has 0 aromatic rings. The van der Waals surface area contributed by atoms with E-state index in [1.54, 1.807) is 13.8 Å². The van der Waals surface area contributed by atoms with Gasteiger partial charge in [-0.3, -0.25) is 0 Å². The molecule has 0 heterocycles. The topological polar surface area (TPSA) is 110 Å². The lowest BCUT2D eigenvalue weighted by atomic mass is 9.92. The van der Waals surface area contributed by atoms with E-state index in [9.17, 15) is 15.3 Å². The minimum Gasteiger partial charge on any atom is -0.478 e. The van der Waals surface area contributed by atoms with Gasteiger partial charge in [-0.2, -0.15) is 20.8 Å². The second-order valence-corrected chi connectivity index (χ2v) is 7.25. The van der Waals surface area contributed by atoms with E-state index in [-0.39, 0.29) is 5.57 Å². The van der Waals surface area contributed by atoms with Crippen molar-refractivity contribution in [2.75, 3.05) is 0 Å². The molecule has 0 aromatic carbocycles. The van der Waals surface area contributed by atoms with Crippen molar-refractivity contribution in [1.82, 2.24) is 0 Å². The third-order valence-corrected chi connectivity index (χ3v) is 2.95. The summed E-state index contributed by atoms with van der Waals surface area (Å²) in [4.78, 5) is 9.60. The third kappa shape index (κ3) is 11.4. The molecule has 0 aromatic heterocycles. The fourth-order valence-corrected chi connectivity index (χ4v) is 2.03. The first kappa shape index (κ1) is 24.0. The van der Waals surface area contributed by atoms with E-state index in [1.807, 2.05) is 27.7 Å². The predicted octanol–water partition coefficient (Wildman–Crippen LogP) is 4.74. The Balaban J connectivity index is 0. The smallest absolute Gasteiger partial charge is 0.330 e. The van der Waals surface area contributed by atoms with Crippen LogP contribution < -0.4 is 0 Å². The Hall–Kier alpha value is -2.21. The minimum atomic E-state index is -0.935. The zero-order chi connectivity index (χ0) is 19.6. The molecule has 0 aliphatic carbocycles. The van der Waals surface area contributed by atoms with Crippen molar-refractivity contribution in [3.63, 3.8) is 0 Å². The molecule has 0 rings (SSSR count). The van der Waals surface area contributed by atoms with Gasteiger partial charge in [-0.05, 0) is 45.4 Å². The standard InChI is InChI=1S/C14H24N4.C4H6O2/c1-11(2)7-13(5,9-15)17-18-14(6,10-16)8-12(3)4;1-3(2)4(5)6/h11-12H,7-8H2,1-6H3;1H2,2H3,(H,5,6). The zero-order valence-corrected chi connectivity index (χ0v) is 15.9. The molecular formula is C18H30N4O2. The molecule has 0 saturated carbocycles. The largest absolute Gasteiger partial charge is 0.478 e. The number of nitrogens with zero attached hydrogens (tertiary/aromatic N) is 4. The highest BCUT2D eigenvalue weighted by molar-refractivity contribution is 5.84. The molecule has 2 atom stereocenters. The van der Waals surface area contributed by atoms with Crippen LogP contribution in [-0.4, -0.2) is 22.2 Å². The van der Waals surface area contributed by atoms with Gasteiger partial charge >= 0.3 is 5.97 Å². The van der Waals surface area contributed by atoms with Gasteiger partial charge in [0, 0.05) is 5.57 Å². The maximum atomic E-state index is 9.60. The summed E-state index contributed by atoms with van der Waals surface area (Å²) in [6.45, 7) is 16.3. The van der Waals surface area contributed by atoms with Crippen LogP contribution in [0, 0.1) is 34.5 Å². The second kappa shape index (κ2) is 10.5. The Bertz CT molecular complexity index is 492. The molecule has 24 heavy (non-hydrogen) atoms. The average molecular weight is 334 g/mol. The summed E-state index contributed by atoms with van der Waals surface area (Å²) in [7, 11) is 0. The van der Waals surface area contributed by atoms with Crippen molar-refractivity contribution in [1.29, 1.82) is 10.5 Å². The van der Waals surface area contributed by atoms with Gasteiger partial charge in [0.15, 0.2) is 11.1 Å². The van der Waals surface area contributed by atoms with E-state index in [1.165, 1.54) is 6.92 Å². The minimum absolute atomic E-state index is 0.176. The van der Waals surface area contributed by atoms with Crippen molar-refractivity contribution in [3.8, 4) is 12.1 Å². The Morgan fingerprint density at radius 3 is 1.42 bits per heavy atom. The molecule has 0 bridgehead atoms. The van der Waals surface area contributed by atoms with Crippen LogP contribution in [0.1, 0.15) is 61.3 Å². The van der Waals surface area contributed by atoms with Gasteiger partial charge in [-0.1, -0.05) is 34.3 Å². The number of carboxylic acid groups (broad SMARTS) is 1.